The molecular weight excluding hydrogens is 366 g/mol. The molecule has 0 aliphatic carbocycles. The lowest BCUT2D eigenvalue weighted by Crippen LogP contribution is -2.27. The number of amides is 1. The second kappa shape index (κ2) is 8.05. The molecule has 0 atom stereocenters. The molecule has 0 bridgehead atoms. The van der Waals surface area contributed by atoms with E-state index in [2.05, 4.69) is 22.5 Å². The zero-order valence-electron chi connectivity index (χ0n) is 14.1. The van der Waals surface area contributed by atoms with Gasteiger partial charge < -0.3 is 4.74 Å². The van der Waals surface area contributed by atoms with Gasteiger partial charge in [-0.15, -0.1) is 23.5 Å². The van der Waals surface area contributed by atoms with E-state index in [9.17, 15) is 4.79 Å². The van der Waals surface area contributed by atoms with Crippen molar-refractivity contribution in [2.45, 2.75) is 11.0 Å². The van der Waals surface area contributed by atoms with Crippen LogP contribution in [-0.4, -0.2) is 33.7 Å². The Morgan fingerprint density at radius 1 is 1.15 bits per heavy atom. The number of nitrogens with zero attached hydrogens (tertiary/aromatic N) is 2. The van der Waals surface area contributed by atoms with Crippen LogP contribution < -0.4 is 10.2 Å². The van der Waals surface area contributed by atoms with E-state index in [-0.39, 0.29) is 12.5 Å². The highest BCUT2D eigenvalue weighted by molar-refractivity contribution is 8.16. The first-order valence-corrected chi connectivity index (χ1v) is 10.6. The van der Waals surface area contributed by atoms with E-state index < -0.39 is 0 Å². The zero-order valence-corrected chi connectivity index (χ0v) is 15.8. The Bertz CT molecular complexity index is 889. The van der Waals surface area contributed by atoms with Gasteiger partial charge in [-0.05, 0) is 47.8 Å². The van der Waals surface area contributed by atoms with Gasteiger partial charge in [0, 0.05) is 0 Å². The van der Waals surface area contributed by atoms with Crippen LogP contribution in [0.2, 0.25) is 0 Å². The third kappa shape index (κ3) is 3.99. The standard InChI is InChI=1S/C19H19N3O2S2/c23-18(21-22-13-20-16-4-1-2-5-17(16)22)12-24-15-8-6-14(7-9-15)19-25-10-3-11-26-19/h1-2,4-9,13,19H,3,10-12H2,(H,21,23). The first-order valence-electron chi connectivity index (χ1n) is 8.47. The molecule has 0 saturated carbocycles. The minimum atomic E-state index is -0.226. The molecule has 2 heterocycles. The highest BCUT2D eigenvalue weighted by Gasteiger charge is 2.16. The molecule has 134 valence electrons. The SMILES string of the molecule is O=C(COc1ccc(C2SCCCS2)cc1)Nn1cnc2ccccc21. The summed E-state index contributed by atoms with van der Waals surface area (Å²) in [4.78, 5) is 16.4. The molecule has 0 spiro atoms. The lowest BCUT2D eigenvalue weighted by atomic mass is 10.2. The maximum Gasteiger partial charge on any atom is 0.276 e. The van der Waals surface area contributed by atoms with Crippen molar-refractivity contribution in [3.05, 3.63) is 60.4 Å². The molecule has 7 heteroatoms. The largest absolute Gasteiger partial charge is 0.484 e. The molecule has 0 unspecified atom stereocenters. The summed E-state index contributed by atoms with van der Waals surface area (Å²) in [6, 6.07) is 15.7. The molecule has 0 radical (unpaired) electrons. The van der Waals surface area contributed by atoms with Gasteiger partial charge in [-0.2, -0.15) is 0 Å². The summed E-state index contributed by atoms with van der Waals surface area (Å²) in [5, 5.41) is 0. The summed E-state index contributed by atoms with van der Waals surface area (Å²) < 4.78 is 7.73. The van der Waals surface area contributed by atoms with Crippen LogP contribution in [0.1, 0.15) is 16.6 Å². The van der Waals surface area contributed by atoms with E-state index in [1.165, 1.54) is 23.5 Å². The van der Waals surface area contributed by atoms with E-state index in [1.807, 2.05) is 59.9 Å². The van der Waals surface area contributed by atoms with Gasteiger partial charge in [-0.25, -0.2) is 9.66 Å². The van der Waals surface area contributed by atoms with Gasteiger partial charge >= 0.3 is 0 Å². The number of imidazole rings is 1. The minimum Gasteiger partial charge on any atom is -0.484 e. The van der Waals surface area contributed by atoms with Gasteiger partial charge in [-0.3, -0.25) is 10.2 Å². The van der Waals surface area contributed by atoms with Crippen LogP contribution in [0.4, 0.5) is 0 Å². The monoisotopic (exact) mass is 385 g/mol. The summed E-state index contributed by atoms with van der Waals surface area (Å²) in [5.41, 5.74) is 5.78. The summed E-state index contributed by atoms with van der Waals surface area (Å²) in [6.07, 6.45) is 2.88. The Kier molecular flexibility index (Phi) is 5.36. The number of para-hydroxylation sites is 2. The lowest BCUT2D eigenvalue weighted by Gasteiger charge is -2.21. The Morgan fingerprint density at radius 2 is 1.92 bits per heavy atom. The normalized spacial score (nSPS) is 15.1. The Morgan fingerprint density at radius 3 is 2.73 bits per heavy atom. The van der Waals surface area contributed by atoms with Crippen LogP contribution in [-0.2, 0) is 4.79 Å². The van der Waals surface area contributed by atoms with Crippen LogP contribution in [0.15, 0.2) is 54.9 Å². The number of thioether (sulfide) groups is 2. The molecule has 1 N–H and O–H groups in total. The number of hydrogen-bond donors (Lipinski definition) is 1. The average molecular weight is 386 g/mol. The van der Waals surface area contributed by atoms with Crippen molar-refractivity contribution in [1.29, 1.82) is 0 Å². The van der Waals surface area contributed by atoms with Crippen LogP contribution in [0.3, 0.4) is 0 Å². The molecule has 5 nitrogen and oxygen atoms in total. The maximum absolute atomic E-state index is 12.2. The number of fused-ring (bicyclic) bond motifs is 1. The van der Waals surface area contributed by atoms with Gasteiger partial charge in [-0.1, -0.05) is 24.3 Å². The number of carbonyl (C=O) groups excluding carboxylic acids is 1. The van der Waals surface area contributed by atoms with Gasteiger partial charge in [0.1, 0.15) is 12.1 Å². The van der Waals surface area contributed by atoms with Crippen molar-refractivity contribution in [3.63, 3.8) is 0 Å². The van der Waals surface area contributed by atoms with Crippen LogP contribution in [0.5, 0.6) is 5.75 Å². The highest BCUT2D eigenvalue weighted by atomic mass is 32.2. The topological polar surface area (TPSA) is 56.1 Å². The fourth-order valence-corrected chi connectivity index (χ4v) is 5.66. The highest BCUT2D eigenvalue weighted by Crippen LogP contribution is 2.43. The second-order valence-corrected chi connectivity index (χ2v) is 8.65. The number of hydrogen-bond acceptors (Lipinski definition) is 5. The number of aromatic nitrogens is 2. The molecule has 1 aliphatic rings. The summed E-state index contributed by atoms with van der Waals surface area (Å²) in [6.45, 7) is -0.0429. The molecule has 1 aliphatic heterocycles. The van der Waals surface area contributed by atoms with Crippen molar-refractivity contribution in [2.75, 3.05) is 23.5 Å². The first-order chi connectivity index (χ1) is 12.8. The summed E-state index contributed by atoms with van der Waals surface area (Å²) in [7, 11) is 0. The van der Waals surface area contributed by atoms with E-state index in [4.69, 9.17) is 4.74 Å². The maximum atomic E-state index is 12.2. The quantitative estimate of drug-likeness (QED) is 0.718. The Hall–Kier alpha value is -2.12. The predicted molar refractivity (Wildman–Crippen MR) is 108 cm³/mol. The molecule has 1 aromatic heterocycles. The Balaban J connectivity index is 1.32. The van der Waals surface area contributed by atoms with Crippen molar-refractivity contribution < 1.29 is 9.53 Å². The number of carbonyl (C=O) groups is 1. The van der Waals surface area contributed by atoms with E-state index in [1.54, 1.807) is 11.0 Å². The van der Waals surface area contributed by atoms with Crippen molar-refractivity contribution >= 4 is 40.5 Å². The third-order valence-corrected chi connectivity index (χ3v) is 7.06. The van der Waals surface area contributed by atoms with Gasteiger partial charge in [0.15, 0.2) is 6.61 Å². The molecule has 1 amide bonds. The van der Waals surface area contributed by atoms with E-state index >= 15 is 0 Å². The summed E-state index contributed by atoms with van der Waals surface area (Å²) >= 11 is 3.99. The number of ether oxygens (including phenoxy) is 1. The fourth-order valence-electron chi connectivity index (χ4n) is 2.77. The van der Waals surface area contributed by atoms with Gasteiger partial charge in [0.05, 0.1) is 15.6 Å². The average Bonchev–Trinajstić information content (AvgIpc) is 3.10. The molecule has 4 rings (SSSR count). The van der Waals surface area contributed by atoms with E-state index in [0.29, 0.717) is 10.3 Å². The molecule has 1 fully saturated rings. The van der Waals surface area contributed by atoms with Crippen LogP contribution >= 0.6 is 23.5 Å². The predicted octanol–water partition coefficient (Wildman–Crippen LogP) is 4.05. The van der Waals surface area contributed by atoms with Gasteiger partial charge in [0.2, 0.25) is 0 Å². The van der Waals surface area contributed by atoms with Crippen LogP contribution in [0, 0.1) is 0 Å². The second-order valence-electron chi connectivity index (χ2n) is 5.92. The lowest BCUT2D eigenvalue weighted by molar-refractivity contribution is -0.119. The number of rotatable bonds is 5. The van der Waals surface area contributed by atoms with Crippen LogP contribution in [0.25, 0.3) is 11.0 Å². The van der Waals surface area contributed by atoms with Crippen molar-refractivity contribution in [1.82, 2.24) is 9.66 Å². The van der Waals surface area contributed by atoms with Crippen molar-refractivity contribution in [3.8, 4) is 5.75 Å². The molecule has 1 saturated heterocycles. The Labute approximate surface area is 160 Å². The number of benzene rings is 2. The summed E-state index contributed by atoms with van der Waals surface area (Å²) in [5.74, 6) is 2.92. The zero-order chi connectivity index (χ0) is 17.8. The first kappa shape index (κ1) is 17.3. The molecule has 2 aromatic carbocycles. The smallest absolute Gasteiger partial charge is 0.276 e. The third-order valence-electron chi connectivity index (χ3n) is 4.05. The van der Waals surface area contributed by atoms with E-state index in [0.717, 1.165) is 11.0 Å². The van der Waals surface area contributed by atoms with Gasteiger partial charge in [0.25, 0.3) is 5.91 Å². The molecule has 26 heavy (non-hydrogen) atoms. The minimum absolute atomic E-state index is 0.0429. The fraction of sp³-hybridized carbons (Fsp3) is 0.263. The molecular formula is C19H19N3O2S2. The van der Waals surface area contributed by atoms with Crippen molar-refractivity contribution in [2.24, 2.45) is 0 Å². The molecule has 3 aromatic rings. The number of nitrogens with one attached hydrogen (secondary N) is 1.